The van der Waals surface area contributed by atoms with Gasteiger partial charge < -0.3 is 19.5 Å². The van der Waals surface area contributed by atoms with E-state index in [0.29, 0.717) is 29.8 Å². The number of carbonyl (C=O) groups excluding carboxylic acids is 1. The van der Waals surface area contributed by atoms with Crippen molar-refractivity contribution in [2.75, 3.05) is 13.2 Å². The fourth-order valence-electron chi connectivity index (χ4n) is 3.01. The fraction of sp³-hybridized carbons (Fsp3) is 0.500. The average molecular weight is 455 g/mol. The minimum Gasteiger partial charge on any atom is -0.476 e. The van der Waals surface area contributed by atoms with Crippen molar-refractivity contribution < 1.29 is 19.0 Å². The predicted molar refractivity (Wildman–Crippen MR) is 112 cm³/mol. The number of nitrogens with one attached hydrogen (secondary N) is 1. The summed E-state index contributed by atoms with van der Waals surface area (Å²) in [5.41, 5.74) is 0.588. The number of hydrogen-bond donors (Lipinski definition) is 1. The largest absolute Gasteiger partial charge is 0.476 e. The Balaban J connectivity index is 1.42. The van der Waals surface area contributed by atoms with Crippen molar-refractivity contribution in [1.82, 2.24) is 20.3 Å². The van der Waals surface area contributed by atoms with Gasteiger partial charge in [-0.2, -0.15) is 0 Å². The Hall–Kier alpha value is -2.16. The predicted octanol–water partition coefficient (Wildman–Crippen LogP) is 3.46. The fourth-order valence-corrected chi connectivity index (χ4v) is 3.40. The van der Waals surface area contributed by atoms with Gasteiger partial charge in [0.1, 0.15) is 12.9 Å². The van der Waals surface area contributed by atoms with Gasteiger partial charge in [0.15, 0.2) is 5.02 Å². The van der Waals surface area contributed by atoms with Crippen LogP contribution in [0.3, 0.4) is 0 Å². The van der Waals surface area contributed by atoms with Gasteiger partial charge in [-0.05, 0) is 37.8 Å². The number of halogens is 2. The number of pyridine rings is 1. The maximum absolute atomic E-state index is 11.0. The zero-order chi connectivity index (χ0) is 21.5. The van der Waals surface area contributed by atoms with Crippen molar-refractivity contribution >= 4 is 29.1 Å². The highest BCUT2D eigenvalue weighted by Gasteiger charge is 2.31. The molecule has 0 unspecified atom stereocenters. The second kappa shape index (κ2) is 10.7. The van der Waals surface area contributed by atoms with Gasteiger partial charge in [-0.3, -0.25) is 9.78 Å². The van der Waals surface area contributed by atoms with E-state index >= 15 is 0 Å². The van der Waals surface area contributed by atoms with Gasteiger partial charge in [0.05, 0.1) is 30.0 Å². The molecule has 0 aliphatic heterocycles. The highest BCUT2D eigenvalue weighted by molar-refractivity contribution is 6.33. The Morgan fingerprint density at radius 1 is 1.23 bits per heavy atom. The van der Waals surface area contributed by atoms with Crippen LogP contribution in [0.2, 0.25) is 10.0 Å². The van der Waals surface area contributed by atoms with Gasteiger partial charge in [-0.15, -0.1) is 0 Å². The summed E-state index contributed by atoms with van der Waals surface area (Å²) in [6, 6.07) is 3.48. The van der Waals surface area contributed by atoms with E-state index in [-0.39, 0.29) is 41.4 Å². The molecule has 2 aromatic rings. The summed E-state index contributed by atoms with van der Waals surface area (Å²) in [4.78, 5) is 23.3. The van der Waals surface area contributed by atoms with E-state index in [1.807, 2.05) is 6.92 Å². The van der Waals surface area contributed by atoms with Gasteiger partial charge in [0, 0.05) is 19.2 Å². The standard InChI is InChI=1S/C20H24Cl2N4O4/c1-12(26-13(2)27)8-28-15-6-14(7-15)9-29-19-18(22)20(25-11-24-19)30-10-17-16(21)4-3-5-23-17/h3-5,11-12,14-15H,6-10H2,1-2H3,(H,26,27)/t12-,14-,15-/m0/s1. The Morgan fingerprint density at radius 3 is 2.67 bits per heavy atom. The molecule has 1 fully saturated rings. The van der Waals surface area contributed by atoms with Crippen LogP contribution < -0.4 is 14.8 Å². The monoisotopic (exact) mass is 454 g/mol. The minimum atomic E-state index is -0.0563. The zero-order valence-electron chi connectivity index (χ0n) is 16.8. The van der Waals surface area contributed by atoms with Crippen molar-refractivity contribution in [3.8, 4) is 11.8 Å². The van der Waals surface area contributed by atoms with Crippen LogP contribution in [0.1, 0.15) is 32.4 Å². The molecule has 1 atom stereocenters. The molecule has 1 aliphatic rings. The van der Waals surface area contributed by atoms with Gasteiger partial charge >= 0.3 is 0 Å². The van der Waals surface area contributed by atoms with Crippen LogP contribution >= 0.6 is 23.2 Å². The van der Waals surface area contributed by atoms with E-state index < -0.39 is 0 Å². The smallest absolute Gasteiger partial charge is 0.240 e. The van der Waals surface area contributed by atoms with Crippen molar-refractivity contribution in [2.24, 2.45) is 5.92 Å². The van der Waals surface area contributed by atoms with E-state index in [9.17, 15) is 4.79 Å². The lowest BCUT2D eigenvalue weighted by atomic mass is 9.83. The summed E-state index contributed by atoms with van der Waals surface area (Å²) in [5.74, 6) is 0.788. The first-order valence-electron chi connectivity index (χ1n) is 9.66. The SMILES string of the molecule is CC(=O)N[C@@H](C)CO[C@H]1C[C@H](COc2ncnc(OCc3ncccc3Cl)c2Cl)C1. The third-order valence-corrected chi connectivity index (χ3v) is 5.25. The molecule has 2 aromatic heterocycles. The summed E-state index contributed by atoms with van der Waals surface area (Å²) in [5, 5.41) is 3.51. The van der Waals surface area contributed by atoms with Gasteiger partial charge in [-0.25, -0.2) is 9.97 Å². The summed E-state index contributed by atoms with van der Waals surface area (Å²) >= 11 is 12.4. The van der Waals surface area contributed by atoms with Crippen molar-refractivity contribution in [2.45, 2.75) is 45.4 Å². The summed E-state index contributed by atoms with van der Waals surface area (Å²) in [7, 11) is 0. The Bertz CT molecular complexity index is 864. The molecule has 0 radical (unpaired) electrons. The summed E-state index contributed by atoms with van der Waals surface area (Å²) < 4.78 is 17.2. The molecule has 0 spiro atoms. The molecule has 1 aliphatic carbocycles. The molecule has 1 amide bonds. The molecule has 0 bridgehead atoms. The first-order valence-corrected chi connectivity index (χ1v) is 10.4. The third kappa shape index (κ3) is 6.42. The molecule has 8 nitrogen and oxygen atoms in total. The molecule has 0 saturated heterocycles. The van der Waals surface area contributed by atoms with E-state index in [1.165, 1.54) is 13.3 Å². The quantitative estimate of drug-likeness (QED) is 0.586. The molecule has 10 heteroatoms. The van der Waals surface area contributed by atoms with E-state index in [2.05, 4.69) is 20.3 Å². The van der Waals surface area contributed by atoms with Crippen molar-refractivity contribution in [3.05, 3.63) is 40.4 Å². The van der Waals surface area contributed by atoms with Crippen molar-refractivity contribution in [1.29, 1.82) is 0 Å². The Kier molecular flexibility index (Phi) is 8.07. The van der Waals surface area contributed by atoms with Gasteiger partial charge in [-0.1, -0.05) is 23.2 Å². The minimum absolute atomic E-state index is 0.00277. The molecular weight excluding hydrogens is 431 g/mol. The van der Waals surface area contributed by atoms with Gasteiger partial charge in [0.2, 0.25) is 17.7 Å². The zero-order valence-corrected chi connectivity index (χ0v) is 18.3. The molecule has 162 valence electrons. The normalized spacial score (nSPS) is 18.9. The molecular formula is C20H24Cl2N4O4. The number of hydrogen-bond acceptors (Lipinski definition) is 7. The number of amides is 1. The van der Waals surface area contributed by atoms with Crippen LogP contribution in [0, 0.1) is 5.92 Å². The second-order valence-corrected chi connectivity index (χ2v) is 8.01. The van der Waals surface area contributed by atoms with Crippen LogP contribution in [-0.2, 0) is 16.1 Å². The lowest BCUT2D eigenvalue weighted by Gasteiger charge is -2.35. The maximum atomic E-state index is 11.0. The highest BCUT2D eigenvalue weighted by Crippen LogP contribution is 2.34. The Labute approximate surface area is 185 Å². The first-order chi connectivity index (χ1) is 14.4. The van der Waals surface area contributed by atoms with Crippen LogP contribution in [-0.4, -0.2) is 46.2 Å². The van der Waals surface area contributed by atoms with E-state index in [4.69, 9.17) is 37.4 Å². The van der Waals surface area contributed by atoms with E-state index in [1.54, 1.807) is 18.3 Å². The number of ether oxygens (including phenoxy) is 3. The van der Waals surface area contributed by atoms with Crippen molar-refractivity contribution in [3.63, 3.8) is 0 Å². The second-order valence-electron chi connectivity index (χ2n) is 7.22. The number of rotatable bonds is 10. The molecule has 30 heavy (non-hydrogen) atoms. The molecule has 2 heterocycles. The maximum Gasteiger partial charge on any atom is 0.240 e. The number of aromatic nitrogens is 3. The first kappa shape index (κ1) is 22.5. The highest BCUT2D eigenvalue weighted by atomic mass is 35.5. The molecule has 3 rings (SSSR count). The lowest BCUT2D eigenvalue weighted by Crippen LogP contribution is -2.40. The average Bonchev–Trinajstić information content (AvgIpc) is 2.67. The van der Waals surface area contributed by atoms with Crippen LogP contribution in [0.4, 0.5) is 0 Å². The lowest BCUT2D eigenvalue weighted by molar-refractivity contribution is -0.120. The molecule has 0 aromatic carbocycles. The Morgan fingerprint density at radius 2 is 1.97 bits per heavy atom. The van der Waals surface area contributed by atoms with Crippen LogP contribution in [0.15, 0.2) is 24.7 Å². The summed E-state index contributed by atoms with van der Waals surface area (Å²) in [6.45, 7) is 4.52. The third-order valence-electron chi connectivity index (χ3n) is 4.59. The summed E-state index contributed by atoms with van der Waals surface area (Å²) in [6.07, 6.45) is 4.93. The van der Waals surface area contributed by atoms with Crippen LogP contribution in [0.5, 0.6) is 11.8 Å². The molecule has 1 saturated carbocycles. The molecule has 1 N–H and O–H groups in total. The van der Waals surface area contributed by atoms with E-state index in [0.717, 1.165) is 12.8 Å². The number of nitrogens with zero attached hydrogens (tertiary/aromatic N) is 3. The van der Waals surface area contributed by atoms with Gasteiger partial charge in [0.25, 0.3) is 0 Å². The number of carbonyl (C=O) groups is 1. The topological polar surface area (TPSA) is 95.5 Å². The van der Waals surface area contributed by atoms with Crippen LogP contribution in [0.25, 0.3) is 0 Å².